The van der Waals surface area contributed by atoms with Crippen LogP contribution in [0.1, 0.15) is 47.3 Å². The molecule has 1 aliphatic carbocycles. The van der Waals surface area contributed by atoms with E-state index < -0.39 is 5.97 Å². The molecule has 0 aliphatic heterocycles. The summed E-state index contributed by atoms with van der Waals surface area (Å²) >= 11 is 6.53. The molecule has 3 N–H and O–H groups in total. The summed E-state index contributed by atoms with van der Waals surface area (Å²) < 4.78 is 14.1. The predicted octanol–water partition coefficient (Wildman–Crippen LogP) is 6.28. The van der Waals surface area contributed by atoms with Crippen molar-refractivity contribution in [3.8, 4) is 11.5 Å². The fourth-order valence-corrected chi connectivity index (χ4v) is 5.41. The van der Waals surface area contributed by atoms with Crippen LogP contribution in [0.25, 0.3) is 5.52 Å². The lowest BCUT2D eigenvalue weighted by molar-refractivity contribution is 0.0697. The van der Waals surface area contributed by atoms with Crippen molar-refractivity contribution in [1.82, 2.24) is 24.9 Å². The van der Waals surface area contributed by atoms with Crippen molar-refractivity contribution in [1.29, 1.82) is 0 Å². The average molecular weight is 599 g/mol. The van der Waals surface area contributed by atoms with Gasteiger partial charge in [0.15, 0.2) is 11.6 Å². The minimum atomic E-state index is -0.912. The smallest absolute Gasteiger partial charge is 0.335 e. The van der Waals surface area contributed by atoms with Crippen molar-refractivity contribution in [3.63, 3.8) is 0 Å². The van der Waals surface area contributed by atoms with E-state index in [0.29, 0.717) is 41.3 Å². The highest BCUT2D eigenvalue weighted by Gasteiger charge is 2.24. The maximum absolute atomic E-state index is 11.1. The Labute approximate surface area is 253 Å². The van der Waals surface area contributed by atoms with Crippen LogP contribution >= 0.6 is 11.6 Å². The zero-order valence-electron chi connectivity index (χ0n) is 23.3. The zero-order chi connectivity index (χ0) is 29.6. The molecular weight excluding hydrogens is 568 g/mol. The number of ether oxygens (including phenoxy) is 2. The van der Waals surface area contributed by atoms with Gasteiger partial charge in [0, 0.05) is 36.7 Å². The quantitative estimate of drug-likeness (QED) is 0.161. The van der Waals surface area contributed by atoms with Crippen LogP contribution in [-0.4, -0.2) is 42.8 Å². The Morgan fingerprint density at radius 2 is 1.84 bits per heavy atom. The number of halogens is 1. The van der Waals surface area contributed by atoms with Gasteiger partial charge in [-0.15, -0.1) is 0 Å². The molecule has 3 heterocycles. The number of rotatable bonds is 11. The number of fused-ring (bicyclic) bond motifs is 1. The molecule has 220 valence electrons. The molecule has 5 aromatic rings. The molecule has 3 aromatic heterocycles. The van der Waals surface area contributed by atoms with Gasteiger partial charge in [0.2, 0.25) is 0 Å². The molecule has 6 rings (SSSR count). The number of hydrogen-bond acceptors (Lipinski definition) is 8. The lowest BCUT2D eigenvalue weighted by atomic mass is 9.92. The number of aromatic carboxylic acids is 1. The predicted molar refractivity (Wildman–Crippen MR) is 163 cm³/mol. The third kappa shape index (κ3) is 7.04. The minimum Gasteiger partial charge on any atom is -0.488 e. The molecule has 2 aromatic carbocycles. The van der Waals surface area contributed by atoms with E-state index in [1.54, 1.807) is 28.9 Å². The highest BCUT2D eigenvalue weighted by atomic mass is 35.5. The summed E-state index contributed by atoms with van der Waals surface area (Å²) in [6.07, 6.45) is 8.97. The molecule has 0 unspecified atom stereocenters. The normalized spacial score (nSPS) is 16.6. The summed E-state index contributed by atoms with van der Waals surface area (Å²) in [7, 11) is 0. The largest absolute Gasteiger partial charge is 0.488 e. The number of carbonyl (C=O) groups is 1. The Kier molecular flexibility index (Phi) is 8.67. The monoisotopic (exact) mass is 598 g/mol. The number of carboxylic acid groups (broad SMARTS) is 1. The van der Waals surface area contributed by atoms with Gasteiger partial charge in [-0.05, 0) is 73.7 Å². The molecule has 0 radical (unpaired) electrons. The summed E-state index contributed by atoms with van der Waals surface area (Å²) in [5.74, 6) is 0.986. The van der Waals surface area contributed by atoms with Gasteiger partial charge < -0.3 is 25.2 Å². The number of nitrogens with one attached hydrogen (secondary N) is 2. The number of carboxylic acids is 1. The average Bonchev–Trinajstić information content (AvgIpc) is 3.44. The zero-order valence-corrected chi connectivity index (χ0v) is 24.1. The van der Waals surface area contributed by atoms with Gasteiger partial charge in [-0.1, -0.05) is 29.8 Å². The van der Waals surface area contributed by atoms with Crippen LogP contribution in [-0.2, 0) is 13.2 Å². The lowest BCUT2D eigenvalue weighted by Crippen LogP contribution is -2.35. The molecule has 11 heteroatoms. The van der Waals surface area contributed by atoms with Crippen molar-refractivity contribution in [3.05, 3.63) is 107 Å². The van der Waals surface area contributed by atoms with Crippen LogP contribution in [0, 0.1) is 0 Å². The third-order valence-electron chi connectivity index (χ3n) is 7.48. The van der Waals surface area contributed by atoms with Crippen molar-refractivity contribution in [2.45, 2.75) is 51.0 Å². The van der Waals surface area contributed by atoms with Gasteiger partial charge >= 0.3 is 5.97 Å². The molecule has 1 saturated carbocycles. The molecule has 0 amide bonds. The van der Waals surface area contributed by atoms with Gasteiger partial charge in [0.25, 0.3) is 0 Å². The topological polar surface area (TPSA) is 123 Å². The second-order valence-electron chi connectivity index (χ2n) is 10.4. The molecule has 1 fully saturated rings. The molecular formula is C32H31ClN6O4. The highest BCUT2D eigenvalue weighted by Crippen LogP contribution is 2.34. The first-order valence-electron chi connectivity index (χ1n) is 14.2. The Morgan fingerprint density at radius 3 is 2.58 bits per heavy atom. The van der Waals surface area contributed by atoms with Crippen LogP contribution in [0.3, 0.4) is 0 Å². The number of anilines is 2. The van der Waals surface area contributed by atoms with Gasteiger partial charge in [-0.25, -0.2) is 14.3 Å². The first kappa shape index (κ1) is 28.4. The van der Waals surface area contributed by atoms with Gasteiger partial charge in [-0.3, -0.25) is 4.98 Å². The Bertz CT molecular complexity index is 1690. The van der Waals surface area contributed by atoms with E-state index in [0.717, 1.165) is 53.9 Å². The standard InChI is InChI=1S/C32H31ClN6O4/c33-27-17-24(10-13-28(27)42-19-25-3-1-2-15-34-25)38-31-30-29(14-16-39(30)37-20-36-31)43-26-11-8-23(9-12-26)35-18-21-4-6-22(7-5-21)32(40)41/h1-7,10,13-17,20,23,26,35H,8-9,11-12,18-19H2,(H,40,41)(H,36,37,38). The Hall–Kier alpha value is -4.67. The van der Waals surface area contributed by atoms with Crippen LogP contribution in [0.15, 0.2) is 85.5 Å². The van der Waals surface area contributed by atoms with E-state index >= 15 is 0 Å². The Morgan fingerprint density at radius 1 is 1.00 bits per heavy atom. The first-order valence-corrected chi connectivity index (χ1v) is 14.5. The van der Waals surface area contributed by atoms with Crippen molar-refractivity contribution in [2.75, 3.05) is 5.32 Å². The second kappa shape index (κ2) is 13.1. The molecule has 0 atom stereocenters. The number of pyridine rings is 1. The Balaban J connectivity index is 1.05. The van der Waals surface area contributed by atoms with E-state index in [1.807, 2.05) is 54.7 Å². The molecule has 0 saturated heterocycles. The van der Waals surface area contributed by atoms with Crippen molar-refractivity contribution >= 4 is 34.6 Å². The third-order valence-corrected chi connectivity index (χ3v) is 7.77. The van der Waals surface area contributed by atoms with E-state index in [4.69, 9.17) is 26.2 Å². The second-order valence-corrected chi connectivity index (χ2v) is 10.8. The fraction of sp³-hybridized carbons (Fsp3) is 0.250. The number of nitrogens with zero attached hydrogens (tertiary/aromatic N) is 4. The van der Waals surface area contributed by atoms with Crippen LogP contribution in [0.5, 0.6) is 11.5 Å². The van der Waals surface area contributed by atoms with Crippen molar-refractivity contribution < 1.29 is 19.4 Å². The molecule has 0 spiro atoms. The van der Waals surface area contributed by atoms with Crippen molar-refractivity contribution in [2.24, 2.45) is 0 Å². The van der Waals surface area contributed by atoms with E-state index in [1.165, 1.54) is 6.33 Å². The number of benzene rings is 2. The number of hydrogen-bond donors (Lipinski definition) is 3. The minimum absolute atomic E-state index is 0.0807. The maximum atomic E-state index is 11.1. The molecule has 43 heavy (non-hydrogen) atoms. The van der Waals surface area contributed by atoms with Gasteiger partial charge in [0.05, 0.1) is 22.4 Å². The summed E-state index contributed by atoms with van der Waals surface area (Å²) in [6.45, 7) is 1.03. The first-order chi connectivity index (χ1) is 21.0. The summed E-state index contributed by atoms with van der Waals surface area (Å²) in [5.41, 5.74) is 3.69. The fourth-order valence-electron chi connectivity index (χ4n) is 5.17. The molecule has 10 nitrogen and oxygen atoms in total. The maximum Gasteiger partial charge on any atom is 0.335 e. The summed E-state index contributed by atoms with van der Waals surface area (Å²) in [4.78, 5) is 19.8. The van der Waals surface area contributed by atoms with Crippen LogP contribution in [0.4, 0.5) is 11.5 Å². The molecule has 0 bridgehead atoms. The molecule has 1 aliphatic rings. The van der Waals surface area contributed by atoms with Crippen LogP contribution in [0.2, 0.25) is 5.02 Å². The van der Waals surface area contributed by atoms with Gasteiger partial charge in [0.1, 0.15) is 24.2 Å². The van der Waals surface area contributed by atoms with E-state index in [2.05, 4.69) is 25.7 Å². The lowest BCUT2D eigenvalue weighted by Gasteiger charge is -2.29. The van der Waals surface area contributed by atoms with Gasteiger partial charge in [-0.2, -0.15) is 5.10 Å². The highest BCUT2D eigenvalue weighted by molar-refractivity contribution is 6.32. The summed E-state index contributed by atoms with van der Waals surface area (Å²) in [6, 6.07) is 20.5. The number of aromatic nitrogens is 4. The van der Waals surface area contributed by atoms with E-state index in [-0.39, 0.29) is 6.10 Å². The van der Waals surface area contributed by atoms with Crippen LogP contribution < -0.4 is 20.1 Å². The summed E-state index contributed by atoms with van der Waals surface area (Å²) in [5, 5.41) is 20.9. The van der Waals surface area contributed by atoms with E-state index in [9.17, 15) is 4.79 Å². The SMILES string of the molecule is O=C(O)c1ccc(CNC2CCC(Oc3ccn4ncnc(Nc5ccc(OCc6ccccn6)c(Cl)c5)c34)CC2)cc1.